The van der Waals surface area contributed by atoms with Crippen LogP contribution in [0.25, 0.3) is 0 Å². The van der Waals surface area contributed by atoms with Gasteiger partial charge in [0.05, 0.1) is 12.5 Å². The highest BCUT2D eigenvalue weighted by Gasteiger charge is 1.97. The molecule has 1 unspecified atom stereocenters. The molecule has 0 spiro atoms. The lowest BCUT2D eigenvalue weighted by molar-refractivity contribution is 1.00. The summed E-state index contributed by atoms with van der Waals surface area (Å²) >= 11 is 0. The van der Waals surface area contributed by atoms with Gasteiger partial charge >= 0.3 is 0 Å². The summed E-state index contributed by atoms with van der Waals surface area (Å²) in [7, 11) is 0. The molecule has 0 aliphatic rings. The molecular weight excluding hydrogens is 172 g/mol. The van der Waals surface area contributed by atoms with Gasteiger partial charge in [0, 0.05) is 11.7 Å². The van der Waals surface area contributed by atoms with Crippen LogP contribution in [0.15, 0.2) is 36.9 Å². The summed E-state index contributed by atoms with van der Waals surface area (Å²) in [5, 5.41) is 11.8. The van der Waals surface area contributed by atoms with Gasteiger partial charge < -0.3 is 5.32 Å². The lowest BCUT2D eigenvalue weighted by Crippen LogP contribution is -2.11. The summed E-state index contributed by atoms with van der Waals surface area (Å²) in [6, 6.07) is 10.3. The van der Waals surface area contributed by atoms with Crippen LogP contribution in [-0.2, 0) is 6.42 Å². The summed E-state index contributed by atoms with van der Waals surface area (Å²) in [5.74, 6) is 0. The SMILES string of the molecule is C=CC(C)Nc1cccc(CC#N)c1. The predicted octanol–water partition coefficient (Wildman–Crippen LogP) is 2.74. The fourth-order valence-corrected chi connectivity index (χ4v) is 1.18. The summed E-state index contributed by atoms with van der Waals surface area (Å²) in [6.45, 7) is 5.73. The Labute approximate surface area is 84.9 Å². The summed E-state index contributed by atoms with van der Waals surface area (Å²) in [5.41, 5.74) is 2.07. The Morgan fingerprint density at radius 2 is 2.43 bits per heavy atom. The number of nitrogens with zero attached hydrogens (tertiary/aromatic N) is 1. The molecule has 1 rings (SSSR count). The standard InChI is InChI=1S/C12H14N2/c1-3-10(2)14-12-6-4-5-11(9-12)7-8-13/h3-6,9-10,14H,1,7H2,2H3. The van der Waals surface area contributed by atoms with Crippen molar-refractivity contribution in [2.75, 3.05) is 5.32 Å². The Bertz CT molecular complexity index is 350. The van der Waals surface area contributed by atoms with Crippen LogP contribution in [0.3, 0.4) is 0 Å². The van der Waals surface area contributed by atoms with Gasteiger partial charge in [0.15, 0.2) is 0 Å². The van der Waals surface area contributed by atoms with E-state index < -0.39 is 0 Å². The molecular formula is C12H14N2. The zero-order chi connectivity index (χ0) is 10.4. The van der Waals surface area contributed by atoms with E-state index in [-0.39, 0.29) is 6.04 Å². The first-order valence-electron chi connectivity index (χ1n) is 4.61. The zero-order valence-electron chi connectivity index (χ0n) is 8.33. The van der Waals surface area contributed by atoms with Crippen molar-refractivity contribution in [1.82, 2.24) is 0 Å². The minimum atomic E-state index is 0.243. The van der Waals surface area contributed by atoms with Crippen molar-refractivity contribution < 1.29 is 0 Å². The largest absolute Gasteiger partial charge is 0.379 e. The molecule has 2 heteroatoms. The van der Waals surface area contributed by atoms with Gasteiger partial charge in [-0.05, 0) is 24.6 Å². The molecule has 0 fully saturated rings. The van der Waals surface area contributed by atoms with E-state index in [9.17, 15) is 0 Å². The molecule has 0 aromatic heterocycles. The maximum atomic E-state index is 8.55. The van der Waals surface area contributed by atoms with Crippen LogP contribution in [0.4, 0.5) is 5.69 Å². The minimum Gasteiger partial charge on any atom is -0.379 e. The first-order chi connectivity index (χ1) is 6.76. The highest BCUT2D eigenvalue weighted by molar-refractivity contribution is 5.47. The second-order valence-electron chi connectivity index (χ2n) is 3.20. The summed E-state index contributed by atoms with van der Waals surface area (Å²) in [6.07, 6.45) is 2.30. The molecule has 1 N–H and O–H groups in total. The fourth-order valence-electron chi connectivity index (χ4n) is 1.18. The van der Waals surface area contributed by atoms with Crippen LogP contribution < -0.4 is 5.32 Å². The number of benzene rings is 1. The Balaban J connectivity index is 2.73. The second-order valence-corrected chi connectivity index (χ2v) is 3.20. The smallest absolute Gasteiger partial charge is 0.0669 e. The van der Waals surface area contributed by atoms with E-state index in [2.05, 4.69) is 18.0 Å². The van der Waals surface area contributed by atoms with Crippen LogP contribution in [0.5, 0.6) is 0 Å². The van der Waals surface area contributed by atoms with Gasteiger partial charge in [0.1, 0.15) is 0 Å². The van der Waals surface area contributed by atoms with Crippen molar-refractivity contribution in [3.63, 3.8) is 0 Å². The molecule has 72 valence electrons. The van der Waals surface area contributed by atoms with Gasteiger partial charge in [-0.1, -0.05) is 18.2 Å². The van der Waals surface area contributed by atoms with Crippen LogP contribution in [0.2, 0.25) is 0 Å². The van der Waals surface area contributed by atoms with Crippen LogP contribution >= 0.6 is 0 Å². The maximum Gasteiger partial charge on any atom is 0.0669 e. The van der Waals surface area contributed by atoms with E-state index in [1.54, 1.807) is 0 Å². The van der Waals surface area contributed by atoms with Crippen molar-refractivity contribution in [2.45, 2.75) is 19.4 Å². The van der Waals surface area contributed by atoms with E-state index >= 15 is 0 Å². The van der Waals surface area contributed by atoms with E-state index in [4.69, 9.17) is 5.26 Å². The number of nitriles is 1. The molecule has 0 aliphatic heterocycles. The average Bonchev–Trinajstić information content (AvgIpc) is 2.19. The summed E-state index contributed by atoms with van der Waals surface area (Å²) in [4.78, 5) is 0. The van der Waals surface area contributed by atoms with Crippen LogP contribution in [0, 0.1) is 11.3 Å². The molecule has 1 aromatic carbocycles. The third-order valence-corrected chi connectivity index (χ3v) is 1.96. The first-order valence-corrected chi connectivity index (χ1v) is 4.61. The molecule has 1 aromatic rings. The molecule has 0 saturated carbocycles. The van der Waals surface area contributed by atoms with Gasteiger partial charge in [0.25, 0.3) is 0 Å². The molecule has 2 nitrogen and oxygen atoms in total. The normalized spacial score (nSPS) is 11.4. The third-order valence-electron chi connectivity index (χ3n) is 1.96. The van der Waals surface area contributed by atoms with Crippen molar-refractivity contribution in [3.05, 3.63) is 42.5 Å². The zero-order valence-corrected chi connectivity index (χ0v) is 8.33. The maximum absolute atomic E-state index is 8.55. The minimum absolute atomic E-state index is 0.243. The van der Waals surface area contributed by atoms with E-state index in [0.29, 0.717) is 6.42 Å². The van der Waals surface area contributed by atoms with Gasteiger partial charge in [-0.3, -0.25) is 0 Å². The van der Waals surface area contributed by atoms with Crippen molar-refractivity contribution in [1.29, 1.82) is 5.26 Å². The first kappa shape index (κ1) is 10.3. The van der Waals surface area contributed by atoms with E-state index in [1.165, 1.54) is 0 Å². The van der Waals surface area contributed by atoms with Crippen molar-refractivity contribution in [3.8, 4) is 6.07 Å². The molecule has 0 radical (unpaired) electrons. The quantitative estimate of drug-likeness (QED) is 0.734. The third kappa shape index (κ3) is 2.95. The molecule has 1 atom stereocenters. The fraction of sp³-hybridized carbons (Fsp3) is 0.250. The summed E-state index contributed by atoms with van der Waals surface area (Å²) < 4.78 is 0. The second kappa shape index (κ2) is 5.08. The number of hydrogen-bond acceptors (Lipinski definition) is 2. The van der Waals surface area contributed by atoms with Crippen molar-refractivity contribution >= 4 is 5.69 Å². The van der Waals surface area contributed by atoms with Crippen molar-refractivity contribution in [2.24, 2.45) is 0 Å². The highest BCUT2D eigenvalue weighted by atomic mass is 14.9. The van der Waals surface area contributed by atoms with Gasteiger partial charge in [-0.25, -0.2) is 0 Å². The Kier molecular flexibility index (Phi) is 3.75. The molecule has 0 saturated heterocycles. The van der Waals surface area contributed by atoms with Crippen LogP contribution in [0.1, 0.15) is 12.5 Å². The Morgan fingerprint density at radius 3 is 3.07 bits per heavy atom. The van der Waals surface area contributed by atoms with Gasteiger partial charge in [0.2, 0.25) is 0 Å². The lowest BCUT2D eigenvalue weighted by Gasteiger charge is -2.11. The molecule has 14 heavy (non-hydrogen) atoms. The molecule has 0 aliphatic carbocycles. The Morgan fingerprint density at radius 1 is 1.64 bits per heavy atom. The van der Waals surface area contributed by atoms with E-state index in [1.807, 2.05) is 37.3 Å². The molecule has 0 heterocycles. The number of nitrogens with one attached hydrogen (secondary N) is 1. The lowest BCUT2D eigenvalue weighted by atomic mass is 10.1. The monoisotopic (exact) mass is 186 g/mol. The average molecular weight is 186 g/mol. The number of anilines is 1. The Hall–Kier alpha value is -1.75. The molecule has 0 amide bonds. The van der Waals surface area contributed by atoms with Gasteiger partial charge in [-0.2, -0.15) is 5.26 Å². The van der Waals surface area contributed by atoms with E-state index in [0.717, 1.165) is 11.3 Å². The molecule has 0 bridgehead atoms. The van der Waals surface area contributed by atoms with Crippen LogP contribution in [-0.4, -0.2) is 6.04 Å². The topological polar surface area (TPSA) is 35.8 Å². The number of hydrogen-bond donors (Lipinski definition) is 1. The number of rotatable bonds is 4. The predicted molar refractivity (Wildman–Crippen MR) is 59.0 cm³/mol. The highest BCUT2D eigenvalue weighted by Crippen LogP contribution is 2.12. The van der Waals surface area contributed by atoms with Gasteiger partial charge in [-0.15, -0.1) is 6.58 Å².